The molecule has 4 aromatic carbocycles. The number of aryl methyl sites for hydroxylation is 2. The number of methoxy groups -OCH3 is 3. The van der Waals surface area contributed by atoms with Gasteiger partial charge >= 0.3 is 11.4 Å². The second kappa shape index (κ2) is 15.1. The number of halogens is 2. The molecule has 2 fully saturated rings. The molecule has 6 aromatic rings. The van der Waals surface area contributed by atoms with Gasteiger partial charge in [-0.05, 0) is 71.7 Å². The Morgan fingerprint density at radius 2 is 1.58 bits per heavy atom. The molecule has 0 bridgehead atoms. The molecule has 318 valence electrons. The number of nitrogens with one attached hydrogen (secondary N) is 1. The zero-order chi connectivity index (χ0) is 43.8. The van der Waals surface area contributed by atoms with E-state index < -0.39 is 57.9 Å². The van der Waals surface area contributed by atoms with Crippen LogP contribution in [-0.2, 0) is 41.6 Å². The molecule has 18 heteroatoms. The van der Waals surface area contributed by atoms with Crippen molar-refractivity contribution in [3.63, 3.8) is 0 Å². The van der Waals surface area contributed by atoms with Crippen LogP contribution in [0.25, 0.3) is 11.0 Å². The molecule has 1 saturated heterocycles. The van der Waals surface area contributed by atoms with E-state index in [4.69, 9.17) is 25.8 Å². The van der Waals surface area contributed by atoms with Crippen molar-refractivity contribution in [1.82, 2.24) is 28.5 Å². The molecule has 16 nitrogen and oxygen atoms in total. The largest absolute Gasteiger partial charge is 0.504 e. The SMILES string of the molecule is COc1ccc(C2C3=CCn4c(=O)n(CCc5nc6cc(OC)c(OC)cc6n(C)c5=O)c(=O)n4C3CC3C(=O)N(Nc4ccc(F)cc4)C(=O)C32c2ccc(Cl)cc2)cc1O. The van der Waals surface area contributed by atoms with Crippen LogP contribution >= 0.6 is 11.6 Å². The number of allylic oxidation sites excluding steroid dienone is 2. The third-order valence-electron chi connectivity index (χ3n) is 12.4. The number of carbonyl (C=O) groups is 2. The molecule has 4 heterocycles. The van der Waals surface area contributed by atoms with E-state index in [0.717, 1.165) is 9.58 Å². The molecule has 1 saturated carbocycles. The zero-order valence-electron chi connectivity index (χ0n) is 33.8. The predicted octanol–water partition coefficient (Wildman–Crippen LogP) is 4.44. The van der Waals surface area contributed by atoms with E-state index in [1.807, 2.05) is 0 Å². The molecule has 1 aliphatic carbocycles. The maximum absolute atomic E-state index is 15.3. The third kappa shape index (κ3) is 6.01. The number of anilines is 1. The van der Waals surface area contributed by atoms with Gasteiger partial charge < -0.3 is 23.9 Å². The molecule has 2 amide bonds. The summed E-state index contributed by atoms with van der Waals surface area (Å²) in [4.78, 5) is 77.2. The van der Waals surface area contributed by atoms with Crippen LogP contribution in [0.2, 0.25) is 5.02 Å². The lowest BCUT2D eigenvalue weighted by atomic mass is 9.53. The van der Waals surface area contributed by atoms with Crippen LogP contribution in [-0.4, -0.2) is 66.7 Å². The number of amides is 2. The van der Waals surface area contributed by atoms with Crippen LogP contribution in [0.3, 0.4) is 0 Å². The van der Waals surface area contributed by atoms with Crippen molar-refractivity contribution in [3.8, 4) is 23.0 Å². The first kappa shape index (κ1) is 40.3. The van der Waals surface area contributed by atoms with E-state index in [1.165, 1.54) is 65.6 Å². The smallest absolute Gasteiger partial charge is 0.347 e. The number of imide groups is 1. The Labute approximate surface area is 356 Å². The van der Waals surface area contributed by atoms with Crippen molar-refractivity contribution in [1.29, 1.82) is 0 Å². The summed E-state index contributed by atoms with van der Waals surface area (Å²) in [6.07, 6.45) is 1.61. The minimum absolute atomic E-state index is 0.0753. The van der Waals surface area contributed by atoms with Gasteiger partial charge in [0.1, 0.15) is 11.5 Å². The highest BCUT2D eigenvalue weighted by Crippen LogP contribution is 2.62. The number of carbonyl (C=O) groups excluding carboxylic acids is 2. The van der Waals surface area contributed by atoms with Gasteiger partial charge in [-0.1, -0.05) is 35.9 Å². The number of aromatic hydroxyl groups is 1. The van der Waals surface area contributed by atoms with Crippen molar-refractivity contribution in [3.05, 3.63) is 149 Å². The van der Waals surface area contributed by atoms with E-state index >= 15 is 4.79 Å². The summed E-state index contributed by atoms with van der Waals surface area (Å²) in [5.74, 6) is -3.17. The number of phenolic OH excluding ortho intramolecular Hbond substituents is 1. The summed E-state index contributed by atoms with van der Waals surface area (Å²) in [5, 5.41) is 12.5. The molecule has 2 N–H and O–H groups in total. The number of rotatable bonds is 10. The van der Waals surface area contributed by atoms with Gasteiger partial charge in [-0.2, -0.15) is 5.01 Å². The summed E-state index contributed by atoms with van der Waals surface area (Å²) in [6, 6.07) is 18.8. The number of fused-ring (bicyclic) bond motifs is 5. The second-order valence-electron chi connectivity index (χ2n) is 15.4. The van der Waals surface area contributed by atoms with Gasteiger partial charge in [-0.25, -0.2) is 32.9 Å². The van der Waals surface area contributed by atoms with E-state index in [0.29, 0.717) is 44.3 Å². The predicted molar refractivity (Wildman–Crippen MR) is 224 cm³/mol. The highest BCUT2D eigenvalue weighted by atomic mass is 35.5. The Hall–Kier alpha value is -7.14. The van der Waals surface area contributed by atoms with Crippen LogP contribution in [0.4, 0.5) is 10.1 Å². The van der Waals surface area contributed by atoms with Crippen LogP contribution in [0, 0.1) is 11.7 Å². The Morgan fingerprint density at radius 3 is 2.26 bits per heavy atom. The number of hydrogen-bond donors (Lipinski definition) is 2. The van der Waals surface area contributed by atoms with Crippen molar-refractivity contribution in [2.24, 2.45) is 13.0 Å². The standard InChI is InChI=1S/C44H39ClFN7O9/c1-49-33-22-37(62-4)36(61-3)21-31(33)47-30(40(49)56)16-17-50-42(58)51-18-15-28-32(53(51)43(50)59)20-29-39(55)52(48-27-12-10-26(46)11-13-27)41(57)44(29,24-6-8-25(45)9-7-24)38(28)23-5-14-35(60-2)34(54)19-23/h5-15,19,21-22,29,32,38,48,54H,16-18,20H2,1-4H3. The molecule has 0 spiro atoms. The monoisotopic (exact) mass is 863 g/mol. The van der Waals surface area contributed by atoms with Crippen LogP contribution in [0.5, 0.6) is 23.0 Å². The lowest BCUT2D eigenvalue weighted by Gasteiger charge is -2.49. The Bertz CT molecular complexity index is 3050. The Balaban J connectivity index is 1.17. The van der Waals surface area contributed by atoms with Crippen molar-refractivity contribution < 1.29 is 33.3 Å². The maximum atomic E-state index is 15.3. The number of phenols is 1. The number of nitrogens with zero attached hydrogens (tertiary/aromatic N) is 6. The number of hydrogen-bond acceptors (Lipinski definition) is 11. The van der Waals surface area contributed by atoms with Crippen molar-refractivity contribution in [2.75, 3.05) is 26.8 Å². The molecular weight excluding hydrogens is 825 g/mol. The molecule has 0 radical (unpaired) electrons. The fourth-order valence-corrected chi connectivity index (χ4v) is 9.63. The average molecular weight is 864 g/mol. The highest BCUT2D eigenvalue weighted by molar-refractivity contribution is 6.30. The fraction of sp³-hybridized carbons (Fsp3) is 0.273. The first-order valence-corrected chi connectivity index (χ1v) is 20.0. The van der Waals surface area contributed by atoms with Crippen LogP contribution < -0.4 is 36.6 Å². The van der Waals surface area contributed by atoms with E-state index in [1.54, 1.807) is 61.7 Å². The quantitative estimate of drug-likeness (QED) is 0.147. The molecule has 2 aliphatic heterocycles. The molecule has 4 unspecified atom stereocenters. The number of benzene rings is 4. The van der Waals surface area contributed by atoms with Crippen molar-refractivity contribution in [2.45, 2.75) is 43.3 Å². The second-order valence-corrected chi connectivity index (χ2v) is 15.8. The summed E-state index contributed by atoms with van der Waals surface area (Å²) in [6.45, 7) is -0.279. The lowest BCUT2D eigenvalue weighted by molar-refractivity contribution is -0.138. The van der Waals surface area contributed by atoms with Gasteiger partial charge in [0, 0.05) is 43.1 Å². The topological polar surface area (TPSA) is 181 Å². The molecule has 9 rings (SSSR count). The first-order valence-electron chi connectivity index (χ1n) is 19.6. The van der Waals surface area contributed by atoms with Gasteiger partial charge in [0.15, 0.2) is 23.0 Å². The van der Waals surface area contributed by atoms with E-state index in [9.17, 15) is 28.7 Å². The lowest BCUT2D eigenvalue weighted by Crippen LogP contribution is -2.53. The Kier molecular flexibility index (Phi) is 9.80. The molecule has 2 aromatic heterocycles. The summed E-state index contributed by atoms with van der Waals surface area (Å²) < 4.78 is 35.2. The van der Waals surface area contributed by atoms with Crippen LogP contribution in [0.15, 0.2) is 105 Å². The molecule has 3 aliphatic rings. The van der Waals surface area contributed by atoms with Gasteiger partial charge in [0.25, 0.3) is 17.4 Å². The van der Waals surface area contributed by atoms with Crippen LogP contribution in [0.1, 0.15) is 35.2 Å². The van der Waals surface area contributed by atoms with Gasteiger partial charge in [-0.15, -0.1) is 0 Å². The summed E-state index contributed by atoms with van der Waals surface area (Å²) in [7, 11) is 5.95. The number of ether oxygens (including phenoxy) is 3. The van der Waals surface area contributed by atoms with E-state index in [-0.39, 0.29) is 48.8 Å². The number of aromatic nitrogens is 5. The fourth-order valence-electron chi connectivity index (χ4n) is 9.51. The van der Waals surface area contributed by atoms with Gasteiger partial charge in [0.2, 0.25) is 0 Å². The third-order valence-corrected chi connectivity index (χ3v) is 12.6. The first-order chi connectivity index (χ1) is 29.8. The minimum atomic E-state index is -1.68. The molecule has 62 heavy (non-hydrogen) atoms. The highest BCUT2D eigenvalue weighted by Gasteiger charge is 2.68. The van der Waals surface area contributed by atoms with Gasteiger partial charge in [0.05, 0.1) is 62.0 Å². The zero-order valence-corrected chi connectivity index (χ0v) is 34.6. The van der Waals surface area contributed by atoms with Crippen molar-refractivity contribution >= 4 is 40.1 Å². The maximum Gasteiger partial charge on any atom is 0.347 e. The normalized spacial score (nSPS) is 20.4. The molecular formula is C44H39ClFN7O9. The van der Waals surface area contributed by atoms with Gasteiger partial charge in [-0.3, -0.25) is 19.8 Å². The van der Waals surface area contributed by atoms with E-state index in [2.05, 4.69) is 10.4 Å². The minimum Gasteiger partial charge on any atom is -0.504 e. The molecule has 4 atom stereocenters. The average Bonchev–Trinajstić information content (AvgIpc) is 3.64. The summed E-state index contributed by atoms with van der Waals surface area (Å²) >= 11 is 6.38. The number of hydrazine groups is 1. The summed E-state index contributed by atoms with van der Waals surface area (Å²) in [5.41, 5.74) is 2.20. The Morgan fingerprint density at radius 1 is 0.887 bits per heavy atom.